The average Bonchev–Trinajstić information content (AvgIpc) is 3.04. The summed E-state index contributed by atoms with van der Waals surface area (Å²) in [6.45, 7) is 14.5. The van der Waals surface area contributed by atoms with Crippen molar-refractivity contribution in [3.05, 3.63) is 0 Å². The maximum Gasteiger partial charge on any atom is 0.309 e. The number of hydrogen-bond acceptors (Lipinski definition) is 3. The fraction of sp³-hybridized carbons (Fsp3) is 0.963. The molecule has 3 aliphatic carbocycles. The van der Waals surface area contributed by atoms with Gasteiger partial charge in [-0.15, -0.1) is 0 Å². The molecular weight excluding hydrogens is 372 g/mol. The maximum atomic E-state index is 13.1. The van der Waals surface area contributed by atoms with Crippen molar-refractivity contribution in [1.82, 2.24) is 0 Å². The van der Waals surface area contributed by atoms with E-state index in [1.54, 1.807) is 0 Å². The minimum absolute atomic E-state index is 0.0102. The molecule has 0 aromatic heterocycles. The summed E-state index contributed by atoms with van der Waals surface area (Å²) in [4.78, 5) is 13.1. The van der Waals surface area contributed by atoms with E-state index in [2.05, 4.69) is 41.5 Å². The molecule has 0 amide bonds. The molecular formula is C27H46O3. The lowest BCUT2D eigenvalue weighted by molar-refractivity contribution is -0.217. The molecule has 0 radical (unpaired) electrons. The maximum absolute atomic E-state index is 13.1. The van der Waals surface area contributed by atoms with Crippen LogP contribution >= 0.6 is 0 Å². The molecule has 4 fully saturated rings. The minimum atomic E-state index is -0.328. The van der Waals surface area contributed by atoms with Gasteiger partial charge in [0.1, 0.15) is 6.10 Å². The molecule has 1 aliphatic heterocycles. The van der Waals surface area contributed by atoms with E-state index in [1.165, 1.54) is 38.5 Å². The molecule has 0 spiro atoms. The molecule has 10 atom stereocenters. The first-order valence-corrected chi connectivity index (χ1v) is 13.0. The number of carbonyl (C=O) groups excluding carboxylic acids is 1. The van der Waals surface area contributed by atoms with Gasteiger partial charge in [-0.05, 0) is 79.4 Å². The van der Waals surface area contributed by atoms with Gasteiger partial charge in [0, 0.05) is 11.8 Å². The summed E-state index contributed by atoms with van der Waals surface area (Å²) in [5, 5.41) is 10.2. The number of carbonyl (C=O) groups is 1. The molecule has 0 aromatic rings. The van der Waals surface area contributed by atoms with Gasteiger partial charge in [-0.25, -0.2) is 0 Å². The van der Waals surface area contributed by atoms with E-state index in [0.29, 0.717) is 23.7 Å². The quantitative estimate of drug-likeness (QED) is 0.538. The van der Waals surface area contributed by atoms with E-state index in [0.717, 1.165) is 36.5 Å². The van der Waals surface area contributed by atoms with Gasteiger partial charge in [0.2, 0.25) is 0 Å². The number of esters is 1. The van der Waals surface area contributed by atoms with E-state index >= 15 is 0 Å². The fourth-order valence-electron chi connectivity index (χ4n) is 8.32. The van der Waals surface area contributed by atoms with Gasteiger partial charge in [-0.2, -0.15) is 0 Å². The summed E-state index contributed by atoms with van der Waals surface area (Å²) in [6, 6.07) is 0. The van der Waals surface area contributed by atoms with Crippen LogP contribution in [0.3, 0.4) is 0 Å². The lowest BCUT2D eigenvalue weighted by Gasteiger charge is -2.59. The Balaban J connectivity index is 1.50. The number of aliphatic hydroxyl groups excluding tert-OH is 1. The fourth-order valence-corrected chi connectivity index (χ4v) is 8.32. The van der Waals surface area contributed by atoms with E-state index < -0.39 is 0 Å². The van der Waals surface area contributed by atoms with Crippen molar-refractivity contribution in [2.24, 2.45) is 52.3 Å². The number of aliphatic hydroxyl groups is 1. The van der Waals surface area contributed by atoms with Crippen molar-refractivity contribution in [2.75, 3.05) is 0 Å². The Hall–Kier alpha value is -0.570. The largest absolute Gasteiger partial charge is 0.462 e. The topological polar surface area (TPSA) is 46.5 Å². The highest BCUT2D eigenvalue weighted by molar-refractivity contribution is 5.75. The summed E-state index contributed by atoms with van der Waals surface area (Å²) >= 11 is 0. The molecule has 0 aromatic carbocycles. The molecule has 1 N–H and O–H groups in total. The molecule has 0 unspecified atom stereocenters. The number of hydrogen-bond donors (Lipinski definition) is 1. The van der Waals surface area contributed by atoms with Gasteiger partial charge in [0.05, 0.1) is 12.0 Å². The van der Waals surface area contributed by atoms with Gasteiger partial charge in [-0.3, -0.25) is 4.79 Å². The summed E-state index contributed by atoms with van der Waals surface area (Å²) in [6.07, 6.45) is 9.89. The second-order valence-electron chi connectivity index (χ2n) is 12.6. The molecule has 3 nitrogen and oxygen atoms in total. The standard InChI is InChI=1S/C27H46O3/c1-16(2)17(3)7-8-18(4)20-9-10-21-24-22(12-14-26(20,21)5)27(6)13-11-19(28)15-23(27)25(29)30-24/h16-24,28H,7-15H2,1-6H3/t17-,18-,19+,20-,21+,22+,23-,24+,26-,27-/m1/s1. The Bertz CT molecular complexity index is 644. The van der Waals surface area contributed by atoms with Crippen LogP contribution in [0.2, 0.25) is 0 Å². The summed E-state index contributed by atoms with van der Waals surface area (Å²) in [5.41, 5.74) is 0.344. The van der Waals surface area contributed by atoms with Crippen molar-refractivity contribution in [3.63, 3.8) is 0 Å². The molecule has 30 heavy (non-hydrogen) atoms. The molecule has 4 rings (SSSR count). The first-order valence-electron chi connectivity index (χ1n) is 13.0. The highest BCUT2D eigenvalue weighted by Crippen LogP contribution is 2.65. The van der Waals surface area contributed by atoms with Crippen LogP contribution in [0.1, 0.15) is 99.3 Å². The van der Waals surface area contributed by atoms with Crippen molar-refractivity contribution in [1.29, 1.82) is 0 Å². The Kier molecular flexibility index (Phi) is 6.10. The molecule has 172 valence electrons. The summed E-state index contributed by atoms with van der Waals surface area (Å²) < 4.78 is 6.26. The lowest BCUT2D eigenvalue weighted by atomic mass is 9.49. The molecule has 1 saturated heterocycles. The normalized spacial score (nSPS) is 47.8. The Morgan fingerprint density at radius 3 is 2.33 bits per heavy atom. The van der Waals surface area contributed by atoms with E-state index in [9.17, 15) is 9.90 Å². The van der Waals surface area contributed by atoms with Crippen LogP contribution in [0.4, 0.5) is 0 Å². The molecule has 3 heteroatoms. The minimum Gasteiger partial charge on any atom is -0.462 e. The Labute approximate surface area is 184 Å². The SMILES string of the molecule is CC(C)[C@H](C)CC[C@@H](C)[C@H]1CC[C@H]2[C@@H]3OC(=O)[C@H]4C[C@@H](O)CC[C@]4(C)[C@H]3CC[C@]12C. The van der Waals surface area contributed by atoms with E-state index in [4.69, 9.17) is 4.74 Å². The smallest absolute Gasteiger partial charge is 0.309 e. The zero-order chi connectivity index (χ0) is 21.8. The van der Waals surface area contributed by atoms with Crippen molar-refractivity contribution in [3.8, 4) is 0 Å². The van der Waals surface area contributed by atoms with Crippen LogP contribution in [0, 0.1) is 52.3 Å². The first-order chi connectivity index (χ1) is 14.1. The predicted octanol–water partition coefficient (Wildman–Crippen LogP) is 6.23. The van der Waals surface area contributed by atoms with Gasteiger partial charge >= 0.3 is 5.97 Å². The van der Waals surface area contributed by atoms with Gasteiger partial charge in [0.25, 0.3) is 0 Å². The van der Waals surface area contributed by atoms with Crippen molar-refractivity contribution in [2.45, 2.75) is 112 Å². The number of rotatable bonds is 5. The van der Waals surface area contributed by atoms with Crippen LogP contribution < -0.4 is 0 Å². The lowest BCUT2D eigenvalue weighted by Crippen LogP contribution is -2.60. The van der Waals surface area contributed by atoms with Gasteiger partial charge in [-0.1, -0.05) is 54.4 Å². The third-order valence-corrected chi connectivity index (χ3v) is 10.9. The highest BCUT2D eigenvalue weighted by atomic mass is 16.5. The van der Waals surface area contributed by atoms with Crippen LogP contribution in [0.15, 0.2) is 0 Å². The second kappa shape index (κ2) is 8.09. The van der Waals surface area contributed by atoms with Crippen LogP contribution in [-0.2, 0) is 9.53 Å². The highest BCUT2D eigenvalue weighted by Gasteiger charge is 2.64. The van der Waals surface area contributed by atoms with E-state index in [-0.39, 0.29) is 29.5 Å². The Morgan fingerprint density at radius 2 is 1.63 bits per heavy atom. The monoisotopic (exact) mass is 418 g/mol. The zero-order valence-electron chi connectivity index (χ0n) is 20.3. The van der Waals surface area contributed by atoms with Crippen LogP contribution in [0.25, 0.3) is 0 Å². The molecule has 1 heterocycles. The zero-order valence-corrected chi connectivity index (χ0v) is 20.3. The van der Waals surface area contributed by atoms with E-state index in [1.807, 2.05) is 0 Å². The molecule has 3 saturated carbocycles. The second-order valence-corrected chi connectivity index (χ2v) is 12.6. The third kappa shape index (κ3) is 3.55. The van der Waals surface area contributed by atoms with Crippen LogP contribution in [-0.4, -0.2) is 23.3 Å². The van der Waals surface area contributed by atoms with Crippen LogP contribution in [0.5, 0.6) is 0 Å². The molecule has 4 aliphatic rings. The Morgan fingerprint density at radius 1 is 0.967 bits per heavy atom. The number of ether oxygens (including phenoxy) is 1. The van der Waals surface area contributed by atoms with Crippen molar-refractivity contribution < 1.29 is 14.6 Å². The first kappa shape index (κ1) is 22.6. The average molecular weight is 419 g/mol. The number of fused-ring (bicyclic) bond motifs is 5. The van der Waals surface area contributed by atoms with Crippen molar-refractivity contribution >= 4 is 5.97 Å². The third-order valence-electron chi connectivity index (χ3n) is 10.9. The summed E-state index contributed by atoms with van der Waals surface area (Å²) in [5.74, 6) is 3.99. The molecule has 0 bridgehead atoms. The predicted molar refractivity (Wildman–Crippen MR) is 121 cm³/mol. The van der Waals surface area contributed by atoms with Gasteiger partial charge < -0.3 is 9.84 Å². The summed E-state index contributed by atoms with van der Waals surface area (Å²) in [7, 11) is 0. The van der Waals surface area contributed by atoms with Gasteiger partial charge in [0.15, 0.2) is 0 Å².